The van der Waals surface area contributed by atoms with Crippen LogP contribution in [0.4, 0.5) is 5.69 Å². The molecule has 2 N–H and O–H groups in total. The molecule has 4 aliphatic rings. The molecule has 0 radical (unpaired) electrons. The summed E-state index contributed by atoms with van der Waals surface area (Å²) >= 11 is 6.38. The van der Waals surface area contributed by atoms with Crippen molar-refractivity contribution in [2.45, 2.75) is 75.9 Å². The molecule has 2 aliphatic heterocycles. The number of aliphatic carboxylic acids is 1. The number of hydrogen-bond acceptors (Lipinski definition) is 6. The van der Waals surface area contributed by atoms with Gasteiger partial charge in [0.05, 0.1) is 23.5 Å². The number of carbonyl (C=O) groups is 2. The number of anilines is 1. The molecule has 2 aromatic rings. The molecule has 1 spiro atoms. The van der Waals surface area contributed by atoms with Gasteiger partial charge < -0.3 is 14.7 Å². The molecule has 8 nitrogen and oxygen atoms in total. The van der Waals surface area contributed by atoms with E-state index in [2.05, 4.69) is 15.7 Å². The second-order valence-electron chi connectivity index (χ2n) is 13.3. The van der Waals surface area contributed by atoms with E-state index in [9.17, 15) is 23.1 Å². The summed E-state index contributed by atoms with van der Waals surface area (Å²) in [5.41, 5.74) is 3.14. The highest BCUT2D eigenvalue weighted by molar-refractivity contribution is 7.90. The number of hydrogen-bond donors (Lipinski definition) is 2. The monoisotopic (exact) mass is 628 g/mol. The number of carbonyl (C=O) groups excluding carboxylic acids is 1. The lowest BCUT2D eigenvalue weighted by atomic mass is 9.65. The molecule has 1 fully saturated rings. The molecule has 232 valence electrons. The van der Waals surface area contributed by atoms with Gasteiger partial charge in [0.15, 0.2) is 0 Å². The number of rotatable bonds is 1. The van der Waals surface area contributed by atoms with E-state index in [4.69, 9.17) is 16.3 Å². The van der Waals surface area contributed by atoms with Crippen molar-refractivity contribution in [3.63, 3.8) is 0 Å². The van der Waals surface area contributed by atoms with Crippen LogP contribution in [0.15, 0.2) is 36.4 Å². The average Bonchev–Trinajstić information content (AvgIpc) is 3.10. The quantitative estimate of drug-likeness (QED) is 0.410. The maximum atomic E-state index is 13.4. The number of aryl methyl sites for hydroxylation is 1. The molecule has 0 unspecified atom stereocenters. The fourth-order valence-corrected chi connectivity index (χ4v) is 9.40. The lowest BCUT2D eigenvalue weighted by Gasteiger charge is -2.46. The Morgan fingerprint density at radius 1 is 1.09 bits per heavy atom. The van der Waals surface area contributed by atoms with E-state index < -0.39 is 33.1 Å². The lowest BCUT2D eigenvalue weighted by molar-refractivity contribution is -0.146. The van der Waals surface area contributed by atoms with Gasteiger partial charge in [0.1, 0.15) is 5.75 Å². The van der Waals surface area contributed by atoms with Crippen molar-refractivity contribution >= 4 is 39.2 Å². The van der Waals surface area contributed by atoms with Crippen molar-refractivity contribution in [1.29, 1.82) is 0 Å². The number of carboxylic acid groups (broad SMARTS) is 1. The summed E-state index contributed by atoms with van der Waals surface area (Å²) in [5, 5.41) is 10.2. The number of nitrogens with one attached hydrogen (secondary N) is 1. The molecule has 2 heterocycles. The lowest BCUT2D eigenvalue weighted by Crippen LogP contribution is -2.49. The minimum Gasteiger partial charge on any atom is -0.490 e. The van der Waals surface area contributed by atoms with E-state index in [1.807, 2.05) is 19.1 Å². The summed E-state index contributed by atoms with van der Waals surface area (Å²) in [4.78, 5) is 28.1. The van der Waals surface area contributed by atoms with Crippen molar-refractivity contribution in [2.75, 3.05) is 24.6 Å². The third-order valence-corrected chi connectivity index (χ3v) is 12.9. The smallest absolute Gasteiger partial charge is 0.306 e. The van der Waals surface area contributed by atoms with Crippen LogP contribution in [0.1, 0.15) is 80.3 Å². The molecule has 2 aromatic carbocycles. The van der Waals surface area contributed by atoms with Crippen LogP contribution in [0.2, 0.25) is 5.02 Å². The Morgan fingerprint density at radius 2 is 1.91 bits per heavy atom. The van der Waals surface area contributed by atoms with Gasteiger partial charge in [-0.3, -0.25) is 9.59 Å². The van der Waals surface area contributed by atoms with Crippen LogP contribution in [-0.4, -0.2) is 50.3 Å². The highest BCUT2D eigenvalue weighted by atomic mass is 35.5. The van der Waals surface area contributed by atoms with E-state index in [-0.39, 0.29) is 28.7 Å². The van der Waals surface area contributed by atoms with Gasteiger partial charge in [-0.05, 0) is 111 Å². The molecule has 6 rings (SSSR count). The van der Waals surface area contributed by atoms with E-state index in [1.165, 1.54) is 11.1 Å². The summed E-state index contributed by atoms with van der Waals surface area (Å²) in [5.74, 6) is -1.23. The summed E-state index contributed by atoms with van der Waals surface area (Å²) in [6.07, 6.45) is 6.41. The summed E-state index contributed by atoms with van der Waals surface area (Å²) in [6.45, 7) is 5.22. The molecule has 6 atom stereocenters. The predicted molar refractivity (Wildman–Crippen MR) is 166 cm³/mol. The Kier molecular flexibility index (Phi) is 8.18. The molecule has 1 saturated carbocycles. The van der Waals surface area contributed by atoms with Crippen LogP contribution < -0.4 is 14.4 Å². The maximum Gasteiger partial charge on any atom is 0.306 e. The molecule has 0 aromatic heterocycles. The number of ether oxygens (including phenoxy) is 1. The molecular formula is C33H41ClN2O6S. The Bertz CT molecular complexity index is 1530. The molecule has 2 aliphatic carbocycles. The third kappa shape index (κ3) is 5.75. The second-order valence-corrected chi connectivity index (χ2v) is 15.8. The van der Waals surface area contributed by atoms with Crippen LogP contribution in [-0.2, 0) is 26.7 Å². The van der Waals surface area contributed by atoms with Crippen molar-refractivity contribution in [2.24, 2.45) is 23.7 Å². The third-order valence-electron chi connectivity index (χ3n) is 10.8. The Labute approximate surface area is 259 Å². The van der Waals surface area contributed by atoms with Gasteiger partial charge >= 0.3 is 5.97 Å². The highest BCUT2D eigenvalue weighted by Gasteiger charge is 2.45. The van der Waals surface area contributed by atoms with Gasteiger partial charge in [-0.25, -0.2) is 13.1 Å². The second kappa shape index (κ2) is 11.6. The van der Waals surface area contributed by atoms with Gasteiger partial charge in [-0.1, -0.05) is 31.0 Å². The predicted octanol–water partition coefficient (Wildman–Crippen LogP) is 5.81. The van der Waals surface area contributed by atoms with Crippen LogP contribution in [0.5, 0.6) is 5.75 Å². The minimum atomic E-state index is -3.95. The van der Waals surface area contributed by atoms with Crippen LogP contribution in [0.3, 0.4) is 0 Å². The van der Waals surface area contributed by atoms with Gasteiger partial charge in [0.25, 0.3) is 5.91 Å². The first-order valence-electron chi connectivity index (χ1n) is 15.6. The number of benzene rings is 2. The van der Waals surface area contributed by atoms with E-state index in [1.54, 1.807) is 25.1 Å². The Morgan fingerprint density at radius 3 is 2.65 bits per heavy atom. The van der Waals surface area contributed by atoms with Crippen molar-refractivity contribution in [3.8, 4) is 5.75 Å². The zero-order chi connectivity index (χ0) is 30.5. The van der Waals surface area contributed by atoms with E-state index in [0.29, 0.717) is 49.7 Å². The molecule has 43 heavy (non-hydrogen) atoms. The fraction of sp³-hybridized carbons (Fsp3) is 0.576. The van der Waals surface area contributed by atoms with E-state index >= 15 is 0 Å². The Balaban J connectivity index is 1.43. The fourth-order valence-electron chi connectivity index (χ4n) is 7.89. The van der Waals surface area contributed by atoms with Gasteiger partial charge in [-0.15, -0.1) is 0 Å². The van der Waals surface area contributed by atoms with Gasteiger partial charge in [-0.2, -0.15) is 0 Å². The largest absolute Gasteiger partial charge is 0.490 e. The van der Waals surface area contributed by atoms with E-state index in [0.717, 1.165) is 37.8 Å². The SMILES string of the molecule is C[C@@H]1[C@@H](C)CCC[C@H](C(=O)O)[C@@H]2CC[C@H]2CN2C[C@@]3(CCCc4cc(Cl)ccc43)COc3ccc(cc32)C(=O)NS1(=O)=O. The highest BCUT2D eigenvalue weighted by Crippen LogP contribution is 2.48. The molecule has 2 bridgehead atoms. The van der Waals surface area contributed by atoms with Crippen molar-refractivity contribution < 1.29 is 27.9 Å². The normalized spacial score (nSPS) is 32.3. The number of nitrogens with zero attached hydrogens (tertiary/aromatic N) is 1. The number of sulfonamides is 1. The van der Waals surface area contributed by atoms with Crippen molar-refractivity contribution in [1.82, 2.24) is 4.72 Å². The topological polar surface area (TPSA) is 113 Å². The summed E-state index contributed by atoms with van der Waals surface area (Å²) < 4.78 is 35.3. The minimum absolute atomic E-state index is 0.0503. The zero-order valence-electron chi connectivity index (χ0n) is 24.9. The maximum absolute atomic E-state index is 13.4. The number of halogens is 1. The first-order valence-corrected chi connectivity index (χ1v) is 17.5. The molecule has 1 amide bonds. The number of amides is 1. The molecule has 10 heteroatoms. The van der Waals surface area contributed by atoms with Crippen LogP contribution in [0.25, 0.3) is 0 Å². The Hall–Kier alpha value is -2.78. The summed E-state index contributed by atoms with van der Waals surface area (Å²) in [7, 11) is -3.95. The van der Waals surface area contributed by atoms with Crippen LogP contribution in [0, 0.1) is 23.7 Å². The summed E-state index contributed by atoms with van der Waals surface area (Å²) in [6, 6.07) is 11.2. The standard InChI is InChI=1S/C33H41ClN2O6S/c1-20-5-3-7-27(32(38)39)26-11-8-24(26)17-36-18-33(14-4-6-22-15-25(34)10-12-28(22)33)19-42-30-13-9-23(16-29(30)36)31(37)35-43(40,41)21(20)2/h9-10,12-13,15-16,20-21,24,26-27H,3-8,11,14,17-19H2,1-2H3,(H,35,37)(H,38,39)/t20-,21+,24-,26+,27-,33-/m0/s1. The first kappa shape index (κ1) is 30.3. The van der Waals surface area contributed by atoms with Crippen molar-refractivity contribution in [3.05, 3.63) is 58.1 Å². The number of fused-ring (bicyclic) bond motifs is 4. The molecular weight excluding hydrogens is 588 g/mol. The molecule has 0 saturated heterocycles. The van der Waals surface area contributed by atoms with Gasteiger partial charge in [0, 0.05) is 29.1 Å². The van der Waals surface area contributed by atoms with Gasteiger partial charge in [0.2, 0.25) is 10.0 Å². The first-order chi connectivity index (χ1) is 20.5. The zero-order valence-corrected chi connectivity index (χ0v) is 26.4. The average molecular weight is 629 g/mol. The number of carboxylic acids is 1. The van der Waals surface area contributed by atoms with Crippen LogP contribution >= 0.6 is 11.6 Å².